The lowest BCUT2D eigenvalue weighted by Gasteiger charge is -2.24. The van der Waals surface area contributed by atoms with E-state index in [1.54, 1.807) is 19.5 Å². The number of pyridine rings is 1. The molecule has 1 atom stereocenters. The number of nitrogens with zero attached hydrogens (tertiary/aromatic N) is 4. The fourth-order valence-electron chi connectivity index (χ4n) is 3.90. The Balaban J connectivity index is 1.45. The molecular weight excluding hydrogens is 420 g/mol. The van der Waals surface area contributed by atoms with Gasteiger partial charge in [0.2, 0.25) is 5.95 Å². The first-order valence-corrected chi connectivity index (χ1v) is 11.8. The van der Waals surface area contributed by atoms with Crippen LogP contribution in [0.5, 0.6) is 0 Å². The molecule has 1 aliphatic heterocycles. The number of anilines is 2. The van der Waals surface area contributed by atoms with E-state index in [4.69, 9.17) is 9.72 Å². The van der Waals surface area contributed by atoms with Crippen LogP contribution in [0, 0.1) is 6.92 Å². The zero-order valence-electron chi connectivity index (χ0n) is 19.7. The molecule has 0 unspecified atom stereocenters. The molecule has 33 heavy (non-hydrogen) atoms. The van der Waals surface area contributed by atoms with E-state index in [1.807, 2.05) is 6.92 Å². The number of carboxylic acids is 1. The Morgan fingerprint density at radius 1 is 1.24 bits per heavy atom. The fourth-order valence-corrected chi connectivity index (χ4v) is 3.90. The SMILES string of the molecule is COCCN(CCCCc1ccc2c(n1)NCCC2)CC[C@H](Nc1ncc(C)cn1)C(=O)O. The topological polar surface area (TPSA) is 113 Å². The van der Waals surface area contributed by atoms with Crippen molar-refractivity contribution in [1.82, 2.24) is 19.9 Å². The van der Waals surface area contributed by atoms with E-state index in [0.29, 0.717) is 25.5 Å². The van der Waals surface area contributed by atoms with Gasteiger partial charge in [-0.1, -0.05) is 6.07 Å². The standard InChI is InChI=1S/C24H36N6O3/c1-18-16-26-24(27-17-18)29-21(23(31)32)10-13-30(14-15-33-2)12-4-3-7-20-9-8-19-6-5-11-25-22(19)28-20/h8-9,16-17,21H,3-7,10-15H2,1-2H3,(H,25,28)(H,31,32)(H,26,27,29)/t21-/m0/s1. The second-order valence-corrected chi connectivity index (χ2v) is 8.54. The molecule has 2 aromatic rings. The molecule has 9 nitrogen and oxygen atoms in total. The quantitative estimate of drug-likeness (QED) is 0.369. The van der Waals surface area contributed by atoms with Crippen LogP contribution in [0.3, 0.4) is 0 Å². The van der Waals surface area contributed by atoms with Crippen molar-refractivity contribution in [3.05, 3.63) is 41.3 Å². The number of methoxy groups -OCH3 is 1. The summed E-state index contributed by atoms with van der Waals surface area (Å²) in [5, 5.41) is 16.0. The number of nitrogens with one attached hydrogen (secondary N) is 2. The molecular formula is C24H36N6O3. The molecule has 1 aliphatic rings. The Kier molecular flexibility index (Phi) is 9.83. The molecule has 0 saturated carbocycles. The Labute approximate surface area is 196 Å². The van der Waals surface area contributed by atoms with Gasteiger partial charge in [-0.15, -0.1) is 0 Å². The van der Waals surface area contributed by atoms with Crippen molar-refractivity contribution < 1.29 is 14.6 Å². The lowest BCUT2D eigenvalue weighted by molar-refractivity contribution is -0.138. The van der Waals surface area contributed by atoms with Gasteiger partial charge in [-0.2, -0.15) is 0 Å². The molecule has 180 valence electrons. The largest absolute Gasteiger partial charge is 0.480 e. The lowest BCUT2D eigenvalue weighted by atomic mass is 10.1. The van der Waals surface area contributed by atoms with Crippen molar-refractivity contribution in [2.24, 2.45) is 0 Å². The summed E-state index contributed by atoms with van der Waals surface area (Å²) < 4.78 is 5.25. The molecule has 9 heteroatoms. The van der Waals surface area contributed by atoms with E-state index < -0.39 is 12.0 Å². The summed E-state index contributed by atoms with van der Waals surface area (Å²) in [6, 6.07) is 3.60. The maximum atomic E-state index is 11.7. The summed E-state index contributed by atoms with van der Waals surface area (Å²) in [6.07, 6.45) is 9.06. The molecule has 0 spiro atoms. The number of fused-ring (bicyclic) bond motifs is 1. The van der Waals surface area contributed by atoms with E-state index in [9.17, 15) is 9.90 Å². The van der Waals surface area contributed by atoms with Gasteiger partial charge < -0.3 is 25.4 Å². The number of hydrogen-bond donors (Lipinski definition) is 3. The molecule has 3 rings (SSSR count). The Morgan fingerprint density at radius 2 is 2.06 bits per heavy atom. The van der Waals surface area contributed by atoms with Crippen molar-refractivity contribution in [1.29, 1.82) is 0 Å². The minimum atomic E-state index is -0.905. The molecule has 3 heterocycles. The molecule has 0 aliphatic carbocycles. The average molecular weight is 457 g/mol. The molecule has 0 fully saturated rings. The normalized spacial score (nSPS) is 13.9. The number of unbranched alkanes of at least 4 members (excludes halogenated alkanes) is 1. The van der Waals surface area contributed by atoms with Crippen molar-refractivity contribution >= 4 is 17.7 Å². The number of rotatable bonds is 14. The lowest BCUT2D eigenvalue weighted by Crippen LogP contribution is -2.37. The summed E-state index contributed by atoms with van der Waals surface area (Å²) >= 11 is 0. The van der Waals surface area contributed by atoms with E-state index in [2.05, 4.69) is 37.6 Å². The fraction of sp³-hybridized carbons (Fsp3) is 0.583. The predicted molar refractivity (Wildman–Crippen MR) is 129 cm³/mol. The Bertz CT molecular complexity index is 877. The second kappa shape index (κ2) is 13.1. The van der Waals surface area contributed by atoms with Crippen LogP contribution < -0.4 is 10.6 Å². The van der Waals surface area contributed by atoms with Gasteiger partial charge in [0.05, 0.1) is 6.61 Å². The molecule has 0 bridgehead atoms. The number of aliphatic carboxylic acids is 1. The van der Waals surface area contributed by atoms with Gasteiger partial charge in [-0.3, -0.25) is 0 Å². The van der Waals surface area contributed by atoms with Crippen molar-refractivity contribution in [3.63, 3.8) is 0 Å². The number of ether oxygens (including phenoxy) is 1. The second-order valence-electron chi connectivity index (χ2n) is 8.54. The van der Waals surface area contributed by atoms with Crippen LogP contribution in [-0.2, 0) is 22.4 Å². The zero-order valence-corrected chi connectivity index (χ0v) is 19.7. The number of carbonyl (C=O) groups is 1. The van der Waals surface area contributed by atoms with Crippen LogP contribution in [-0.4, -0.2) is 76.9 Å². The van der Waals surface area contributed by atoms with Gasteiger partial charge in [0.15, 0.2) is 0 Å². The van der Waals surface area contributed by atoms with Crippen molar-refractivity contribution in [2.45, 2.75) is 51.5 Å². The predicted octanol–water partition coefficient (Wildman–Crippen LogP) is 2.76. The molecule has 2 aromatic heterocycles. The average Bonchev–Trinajstić information content (AvgIpc) is 2.83. The van der Waals surface area contributed by atoms with Gasteiger partial charge in [0, 0.05) is 44.8 Å². The van der Waals surface area contributed by atoms with Gasteiger partial charge >= 0.3 is 5.97 Å². The van der Waals surface area contributed by atoms with E-state index >= 15 is 0 Å². The van der Waals surface area contributed by atoms with Gasteiger partial charge in [0.1, 0.15) is 11.9 Å². The van der Waals surface area contributed by atoms with Crippen LogP contribution in [0.25, 0.3) is 0 Å². The third-order valence-electron chi connectivity index (χ3n) is 5.84. The van der Waals surface area contributed by atoms with E-state index in [0.717, 1.165) is 62.4 Å². The zero-order chi connectivity index (χ0) is 23.5. The molecule has 0 amide bonds. The summed E-state index contributed by atoms with van der Waals surface area (Å²) in [4.78, 5) is 27.1. The third kappa shape index (κ3) is 8.25. The minimum Gasteiger partial charge on any atom is -0.480 e. The highest BCUT2D eigenvalue weighted by Gasteiger charge is 2.20. The summed E-state index contributed by atoms with van der Waals surface area (Å²) in [6.45, 7) is 5.82. The third-order valence-corrected chi connectivity index (χ3v) is 5.84. The van der Waals surface area contributed by atoms with Crippen molar-refractivity contribution in [2.75, 3.05) is 50.5 Å². The maximum absolute atomic E-state index is 11.7. The Morgan fingerprint density at radius 3 is 2.82 bits per heavy atom. The van der Waals surface area contributed by atoms with Crippen LogP contribution in [0.15, 0.2) is 24.5 Å². The number of aryl methyl sites for hydroxylation is 3. The first kappa shape index (κ1) is 24.9. The number of aromatic nitrogens is 3. The van der Waals surface area contributed by atoms with Gasteiger partial charge in [0.25, 0.3) is 0 Å². The summed E-state index contributed by atoms with van der Waals surface area (Å²) in [7, 11) is 1.68. The molecule has 0 radical (unpaired) electrons. The summed E-state index contributed by atoms with van der Waals surface area (Å²) in [5.74, 6) is 0.478. The molecule has 0 aromatic carbocycles. The highest BCUT2D eigenvalue weighted by atomic mass is 16.5. The van der Waals surface area contributed by atoms with Crippen LogP contribution in [0.2, 0.25) is 0 Å². The maximum Gasteiger partial charge on any atom is 0.326 e. The highest BCUT2D eigenvalue weighted by Crippen LogP contribution is 2.20. The van der Waals surface area contributed by atoms with Gasteiger partial charge in [-0.25, -0.2) is 19.7 Å². The van der Waals surface area contributed by atoms with Crippen LogP contribution in [0.1, 0.15) is 42.5 Å². The first-order valence-electron chi connectivity index (χ1n) is 11.8. The number of carboxylic acid groups (broad SMARTS) is 1. The van der Waals surface area contributed by atoms with E-state index in [-0.39, 0.29) is 0 Å². The van der Waals surface area contributed by atoms with E-state index in [1.165, 1.54) is 12.0 Å². The van der Waals surface area contributed by atoms with Crippen LogP contribution >= 0.6 is 0 Å². The monoisotopic (exact) mass is 456 g/mol. The van der Waals surface area contributed by atoms with Gasteiger partial charge in [-0.05, 0) is 69.2 Å². The van der Waals surface area contributed by atoms with Crippen LogP contribution in [0.4, 0.5) is 11.8 Å². The molecule has 0 saturated heterocycles. The number of hydrogen-bond acceptors (Lipinski definition) is 8. The summed E-state index contributed by atoms with van der Waals surface area (Å²) in [5.41, 5.74) is 3.37. The first-order chi connectivity index (χ1) is 16.0. The smallest absolute Gasteiger partial charge is 0.326 e. The minimum absolute atomic E-state index is 0.337. The Hall–Kier alpha value is -2.78. The van der Waals surface area contributed by atoms with Crippen molar-refractivity contribution in [3.8, 4) is 0 Å². The molecule has 3 N–H and O–H groups in total. The highest BCUT2D eigenvalue weighted by molar-refractivity contribution is 5.76.